The van der Waals surface area contributed by atoms with Crippen molar-refractivity contribution in [1.29, 1.82) is 0 Å². The third-order valence-electron chi connectivity index (χ3n) is 12.5. The van der Waals surface area contributed by atoms with Gasteiger partial charge in [0.15, 0.2) is 5.82 Å². The Morgan fingerprint density at radius 3 is 1.66 bits per heavy atom. The van der Waals surface area contributed by atoms with Gasteiger partial charge in [0.25, 0.3) is 0 Å². The molecule has 2 amide bonds. The highest BCUT2D eigenvalue weighted by molar-refractivity contribution is 5.85. The molecule has 8 aromatic rings. The summed E-state index contributed by atoms with van der Waals surface area (Å²) in [6.07, 6.45) is 2.77. The highest BCUT2D eigenvalue weighted by atomic mass is 16.5. The summed E-state index contributed by atoms with van der Waals surface area (Å²) in [6.45, 7) is 2.85. The van der Waals surface area contributed by atoms with Gasteiger partial charge in [-0.15, -0.1) is 5.10 Å². The second-order valence-corrected chi connectivity index (χ2v) is 17.2. The Kier molecular flexibility index (Phi) is 16.7. The van der Waals surface area contributed by atoms with Crippen LogP contribution in [0.5, 0.6) is 0 Å². The summed E-state index contributed by atoms with van der Waals surface area (Å²) in [5.41, 5.74) is 7.36. The second kappa shape index (κ2) is 24.2. The van der Waals surface area contributed by atoms with E-state index >= 15 is 0 Å². The van der Waals surface area contributed by atoms with Gasteiger partial charge in [0.2, 0.25) is 5.91 Å². The van der Waals surface area contributed by atoms with Crippen LogP contribution in [-0.2, 0) is 44.4 Å². The average molecular weight is 931 g/mol. The largest absolute Gasteiger partial charge is 0.459 e. The lowest BCUT2D eigenvalue weighted by atomic mass is 9.77. The van der Waals surface area contributed by atoms with Gasteiger partial charge in [-0.05, 0) is 80.6 Å². The SMILES string of the molecule is CCCCC(=O)N(Cc1ccc(-c2ccccc2-c2nnnn2C(c2ccccc2)(c2ccccc2)c2ccccc2)cc1)[C@@H](CCCCNC(=O)OCc1ccccc1)C(=O)OCc1ccccc1. The molecule has 0 saturated heterocycles. The Balaban J connectivity index is 1.06. The molecule has 0 spiro atoms. The van der Waals surface area contributed by atoms with Gasteiger partial charge in [-0.3, -0.25) is 4.79 Å². The van der Waals surface area contributed by atoms with Crippen LogP contribution in [0.4, 0.5) is 4.79 Å². The molecule has 0 unspecified atom stereocenters. The topological polar surface area (TPSA) is 129 Å². The number of esters is 1. The Bertz CT molecular complexity index is 2780. The van der Waals surface area contributed by atoms with Gasteiger partial charge in [-0.2, -0.15) is 0 Å². The maximum atomic E-state index is 14.2. The quantitative estimate of drug-likeness (QED) is 0.0404. The highest BCUT2D eigenvalue weighted by Crippen LogP contribution is 2.43. The Morgan fingerprint density at radius 2 is 1.10 bits per heavy atom. The number of hydrogen-bond acceptors (Lipinski definition) is 8. The summed E-state index contributed by atoms with van der Waals surface area (Å²) >= 11 is 0. The van der Waals surface area contributed by atoms with Gasteiger partial charge in [-0.25, -0.2) is 14.3 Å². The lowest BCUT2D eigenvalue weighted by Gasteiger charge is -2.36. The first-order chi connectivity index (χ1) is 34.4. The molecule has 7 aromatic carbocycles. The number of rotatable bonds is 22. The molecular weight excluding hydrogens is 873 g/mol. The van der Waals surface area contributed by atoms with Gasteiger partial charge >= 0.3 is 12.1 Å². The van der Waals surface area contributed by atoms with Crippen LogP contribution in [0.25, 0.3) is 22.5 Å². The van der Waals surface area contributed by atoms with E-state index in [1.807, 2.05) is 169 Å². The molecular formula is C59H58N6O5. The molecule has 1 N–H and O–H groups in total. The van der Waals surface area contributed by atoms with E-state index in [1.165, 1.54) is 0 Å². The van der Waals surface area contributed by atoms with E-state index in [0.717, 1.165) is 56.5 Å². The summed E-state index contributed by atoms with van der Waals surface area (Å²) in [6, 6.07) is 65.3. The van der Waals surface area contributed by atoms with Crippen LogP contribution >= 0.6 is 0 Å². The van der Waals surface area contributed by atoms with Crippen molar-refractivity contribution in [2.45, 2.75) is 76.8 Å². The van der Waals surface area contributed by atoms with E-state index in [0.29, 0.717) is 44.5 Å². The van der Waals surface area contributed by atoms with E-state index < -0.39 is 23.6 Å². The molecule has 11 nitrogen and oxygen atoms in total. The average Bonchev–Trinajstić information content (AvgIpc) is 3.91. The number of ether oxygens (including phenoxy) is 2. The molecule has 1 atom stereocenters. The van der Waals surface area contributed by atoms with Gasteiger partial charge in [-0.1, -0.05) is 214 Å². The minimum atomic E-state index is -0.934. The number of benzene rings is 7. The molecule has 11 heteroatoms. The van der Waals surface area contributed by atoms with Crippen molar-refractivity contribution < 1.29 is 23.9 Å². The summed E-state index contributed by atoms with van der Waals surface area (Å²) in [7, 11) is 0. The van der Waals surface area contributed by atoms with Crippen molar-refractivity contribution in [1.82, 2.24) is 30.4 Å². The minimum absolute atomic E-state index is 0.0858. The zero-order chi connectivity index (χ0) is 48.4. The number of aromatic nitrogens is 4. The van der Waals surface area contributed by atoms with E-state index in [9.17, 15) is 14.4 Å². The summed E-state index contributed by atoms with van der Waals surface area (Å²) in [4.78, 5) is 42.5. The first-order valence-corrected chi connectivity index (χ1v) is 24.0. The number of nitrogens with one attached hydrogen (secondary N) is 1. The third-order valence-corrected chi connectivity index (χ3v) is 12.5. The number of amides is 2. The van der Waals surface area contributed by atoms with Gasteiger partial charge in [0, 0.05) is 25.1 Å². The van der Waals surface area contributed by atoms with Crippen molar-refractivity contribution >= 4 is 18.0 Å². The number of hydrogen-bond donors (Lipinski definition) is 1. The zero-order valence-electron chi connectivity index (χ0n) is 39.5. The molecule has 1 aromatic heterocycles. The molecule has 0 bridgehead atoms. The van der Waals surface area contributed by atoms with E-state index in [-0.39, 0.29) is 25.7 Å². The van der Waals surface area contributed by atoms with Gasteiger partial charge in [0.05, 0.1) is 0 Å². The predicted octanol–water partition coefficient (Wildman–Crippen LogP) is 11.6. The van der Waals surface area contributed by atoms with Crippen LogP contribution < -0.4 is 5.32 Å². The third kappa shape index (κ3) is 11.7. The monoisotopic (exact) mass is 930 g/mol. The molecule has 354 valence electrons. The van der Waals surface area contributed by atoms with Crippen LogP contribution in [0.1, 0.15) is 78.8 Å². The summed E-state index contributed by atoms with van der Waals surface area (Å²) in [5.74, 6) is -0.00374. The second-order valence-electron chi connectivity index (χ2n) is 17.2. The first-order valence-electron chi connectivity index (χ1n) is 24.0. The zero-order valence-corrected chi connectivity index (χ0v) is 39.5. The lowest BCUT2D eigenvalue weighted by molar-refractivity contribution is -0.157. The molecule has 1 heterocycles. The lowest BCUT2D eigenvalue weighted by Crippen LogP contribution is -2.45. The fourth-order valence-corrected chi connectivity index (χ4v) is 8.90. The molecule has 0 aliphatic heterocycles. The number of tetrazole rings is 1. The van der Waals surface area contributed by atoms with E-state index in [2.05, 4.69) is 53.0 Å². The molecule has 0 radical (unpaired) electrons. The van der Waals surface area contributed by atoms with Crippen LogP contribution in [0.15, 0.2) is 200 Å². The first kappa shape index (κ1) is 48.3. The maximum Gasteiger partial charge on any atom is 0.407 e. The van der Waals surface area contributed by atoms with Crippen LogP contribution in [0.2, 0.25) is 0 Å². The standard InChI is InChI=1S/C59H58N6O5/c1-2-3-36-55(66)64(54(57(67)69-43-46-23-9-4-10-24-46)35-21-22-41-60-58(68)70-44-47-25-11-5-12-26-47)42-45-37-39-48(40-38-45)52-33-19-20-34-53(52)56-61-62-63-65(56)59(49-27-13-6-14-28-49,50-29-15-7-16-30-50)51-31-17-8-18-32-51/h4-20,23-34,37-40,54H,2-3,21-22,35-36,41-44H2,1H3,(H,60,68)/t54-/m0/s1. The number of unbranched alkanes of at least 4 members (excludes halogenated alkanes) is 2. The molecule has 8 rings (SSSR count). The Hall–Kier alpha value is -8.18. The van der Waals surface area contributed by atoms with Crippen molar-refractivity contribution in [3.8, 4) is 22.5 Å². The van der Waals surface area contributed by atoms with Crippen molar-refractivity contribution in [2.24, 2.45) is 0 Å². The summed E-state index contributed by atoms with van der Waals surface area (Å²) in [5, 5.41) is 16.7. The van der Waals surface area contributed by atoms with Crippen molar-refractivity contribution in [2.75, 3.05) is 6.54 Å². The predicted molar refractivity (Wildman–Crippen MR) is 272 cm³/mol. The van der Waals surface area contributed by atoms with Gasteiger partial charge in [0.1, 0.15) is 24.8 Å². The number of carbonyl (C=O) groups is 3. The smallest absolute Gasteiger partial charge is 0.407 e. The van der Waals surface area contributed by atoms with Crippen LogP contribution in [0.3, 0.4) is 0 Å². The van der Waals surface area contributed by atoms with Crippen LogP contribution in [0, 0.1) is 0 Å². The molecule has 0 fully saturated rings. The van der Waals surface area contributed by atoms with E-state index in [1.54, 1.807) is 4.90 Å². The number of alkyl carbamates (subject to hydrolysis) is 1. The maximum absolute atomic E-state index is 14.2. The number of nitrogens with zero attached hydrogens (tertiary/aromatic N) is 5. The fourth-order valence-electron chi connectivity index (χ4n) is 8.90. The van der Waals surface area contributed by atoms with Crippen molar-refractivity contribution in [3.63, 3.8) is 0 Å². The Morgan fingerprint density at radius 1 is 0.586 bits per heavy atom. The molecule has 70 heavy (non-hydrogen) atoms. The fraction of sp³-hybridized carbons (Fsp3) is 0.220. The Labute approximate surface area is 410 Å². The molecule has 0 saturated carbocycles. The van der Waals surface area contributed by atoms with Crippen LogP contribution in [-0.4, -0.2) is 55.7 Å². The van der Waals surface area contributed by atoms with Gasteiger partial charge < -0.3 is 19.7 Å². The normalized spacial score (nSPS) is 11.6. The van der Waals surface area contributed by atoms with E-state index in [4.69, 9.17) is 19.8 Å². The molecule has 0 aliphatic rings. The van der Waals surface area contributed by atoms with Crippen molar-refractivity contribution in [3.05, 3.63) is 234 Å². The molecule has 0 aliphatic carbocycles. The summed E-state index contributed by atoms with van der Waals surface area (Å²) < 4.78 is 13.3. The minimum Gasteiger partial charge on any atom is -0.459 e. The number of carbonyl (C=O) groups excluding carboxylic acids is 3. The highest BCUT2D eigenvalue weighted by Gasteiger charge is 2.42.